The number of ether oxygens (including phenoxy) is 2. The summed E-state index contributed by atoms with van der Waals surface area (Å²) in [4.78, 5) is 11.7. The van der Waals surface area contributed by atoms with Gasteiger partial charge in [0, 0.05) is 17.3 Å². The van der Waals surface area contributed by atoms with Crippen molar-refractivity contribution in [3.63, 3.8) is 0 Å². The Balaban J connectivity index is 2.99. The standard InChI is InChI=1S/C13H19NO3/c1-4-16-12-8-10(14)6-7-11(12)9(3)13(15)17-5-2/h6-9H,4-5,14H2,1-3H3/t9-/m0/s1. The van der Waals surface area contributed by atoms with E-state index in [1.807, 2.05) is 13.0 Å². The fraction of sp³-hybridized carbons (Fsp3) is 0.462. The third-order valence-electron chi connectivity index (χ3n) is 2.44. The summed E-state index contributed by atoms with van der Waals surface area (Å²) < 4.78 is 10.5. The van der Waals surface area contributed by atoms with Gasteiger partial charge < -0.3 is 15.2 Å². The van der Waals surface area contributed by atoms with Crippen LogP contribution in [-0.4, -0.2) is 19.2 Å². The van der Waals surface area contributed by atoms with E-state index >= 15 is 0 Å². The maximum Gasteiger partial charge on any atom is 0.313 e. The lowest BCUT2D eigenvalue weighted by Gasteiger charge is -2.15. The molecule has 0 saturated carbocycles. The van der Waals surface area contributed by atoms with E-state index in [4.69, 9.17) is 15.2 Å². The Morgan fingerprint density at radius 3 is 2.65 bits per heavy atom. The Morgan fingerprint density at radius 2 is 2.06 bits per heavy atom. The maximum absolute atomic E-state index is 11.7. The van der Waals surface area contributed by atoms with Crippen LogP contribution in [0, 0.1) is 0 Å². The maximum atomic E-state index is 11.7. The van der Waals surface area contributed by atoms with E-state index in [1.54, 1.807) is 26.0 Å². The van der Waals surface area contributed by atoms with Crippen LogP contribution in [0.5, 0.6) is 5.75 Å². The Bertz CT molecular complexity index is 390. The van der Waals surface area contributed by atoms with Gasteiger partial charge in [-0.3, -0.25) is 4.79 Å². The van der Waals surface area contributed by atoms with Crippen molar-refractivity contribution in [2.45, 2.75) is 26.7 Å². The molecule has 94 valence electrons. The van der Waals surface area contributed by atoms with Crippen molar-refractivity contribution in [2.75, 3.05) is 18.9 Å². The molecule has 1 rings (SSSR count). The molecule has 4 nitrogen and oxygen atoms in total. The molecule has 0 unspecified atom stereocenters. The predicted molar refractivity (Wildman–Crippen MR) is 67.1 cm³/mol. The van der Waals surface area contributed by atoms with E-state index in [2.05, 4.69) is 0 Å². The normalized spacial score (nSPS) is 11.9. The third kappa shape index (κ3) is 3.37. The lowest BCUT2D eigenvalue weighted by Crippen LogP contribution is -2.14. The highest BCUT2D eigenvalue weighted by Crippen LogP contribution is 2.29. The molecule has 0 saturated heterocycles. The fourth-order valence-electron chi connectivity index (χ4n) is 1.58. The molecule has 0 amide bonds. The molecule has 1 aromatic carbocycles. The molecule has 2 N–H and O–H groups in total. The summed E-state index contributed by atoms with van der Waals surface area (Å²) in [6.45, 7) is 6.39. The molecule has 17 heavy (non-hydrogen) atoms. The molecule has 0 fully saturated rings. The first-order chi connectivity index (χ1) is 8.10. The highest BCUT2D eigenvalue weighted by molar-refractivity contribution is 5.79. The van der Waals surface area contributed by atoms with Gasteiger partial charge in [0.1, 0.15) is 5.75 Å². The molecule has 0 heterocycles. The molecule has 0 radical (unpaired) electrons. The monoisotopic (exact) mass is 237 g/mol. The van der Waals surface area contributed by atoms with Crippen LogP contribution in [0.25, 0.3) is 0 Å². The van der Waals surface area contributed by atoms with Crippen LogP contribution >= 0.6 is 0 Å². The van der Waals surface area contributed by atoms with Gasteiger partial charge in [0.25, 0.3) is 0 Å². The lowest BCUT2D eigenvalue weighted by atomic mass is 10.00. The van der Waals surface area contributed by atoms with Crippen LogP contribution in [0.4, 0.5) is 5.69 Å². The summed E-state index contributed by atoms with van der Waals surface area (Å²) in [5.41, 5.74) is 7.12. The highest BCUT2D eigenvalue weighted by atomic mass is 16.5. The van der Waals surface area contributed by atoms with E-state index in [1.165, 1.54) is 0 Å². The number of nitrogen functional groups attached to an aromatic ring is 1. The van der Waals surface area contributed by atoms with Gasteiger partial charge in [-0.15, -0.1) is 0 Å². The molecule has 1 atom stereocenters. The van der Waals surface area contributed by atoms with Crippen molar-refractivity contribution in [2.24, 2.45) is 0 Å². The van der Waals surface area contributed by atoms with E-state index in [9.17, 15) is 4.79 Å². The first-order valence-electron chi connectivity index (χ1n) is 5.79. The van der Waals surface area contributed by atoms with Gasteiger partial charge in [-0.2, -0.15) is 0 Å². The molecular weight excluding hydrogens is 218 g/mol. The second-order valence-corrected chi connectivity index (χ2v) is 3.70. The molecule has 0 aromatic heterocycles. The first-order valence-corrected chi connectivity index (χ1v) is 5.79. The second kappa shape index (κ2) is 6.13. The topological polar surface area (TPSA) is 61.5 Å². The average Bonchev–Trinajstić information content (AvgIpc) is 2.29. The lowest BCUT2D eigenvalue weighted by molar-refractivity contribution is -0.144. The number of anilines is 1. The summed E-state index contributed by atoms with van der Waals surface area (Å²) in [7, 11) is 0. The van der Waals surface area contributed by atoms with Crippen LogP contribution in [0.2, 0.25) is 0 Å². The van der Waals surface area contributed by atoms with Crippen LogP contribution in [0.1, 0.15) is 32.3 Å². The number of carbonyl (C=O) groups excluding carboxylic acids is 1. The van der Waals surface area contributed by atoms with Crippen molar-refractivity contribution in [1.29, 1.82) is 0 Å². The van der Waals surface area contributed by atoms with Crippen molar-refractivity contribution in [3.05, 3.63) is 23.8 Å². The zero-order valence-corrected chi connectivity index (χ0v) is 10.5. The van der Waals surface area contributed by atoms with Gasteiger partial charge in [0.05, 0.1) is 19.1 Å². The molecule has 0 aliphatic rings. The van der Waals surface area contributed by atoms with Crippen molar-refractivity contribution >= 4 is 11.7 Å². The Labute approximate surface area is 102 Å². The third-order valence-corrected chi connectivity index (χ3v) is 2.44. The van der Waals surface area contributed by atoms with E-state index in [0.29, 0.717) is 24.7 Å². The molecule has 0 bridgehead atoms. The minimum atomic E-state index is -0.350. The highest BCUT2D eigenvalue weighted by Gasteiger charge is 2.20. The van der Waals surface area contributed by atoms with E-state index in [0.717, 1.165) is 5.56 Å². The molecule has 0 aliphatic heterocycles. The quantitative estimate of drug-likeness (QED) is 0.630. The number of rotatable bonds is 5. The van der Waals surface area contributed by atoms with Gasteiger partial charge in [-0.05, 0) is 26.8 Å². The second-order valence-electron chi connectivity index (χ2n) is 3.70. The molecule has 4 heteroatoms. The van der Waals surface area contributed by atoms with Gasteiger partial charge in [0.2, 0.25) is 0 Å². The number of esters is 1. The zero-order valence-electron chi connectivity index (χ0n) is 10.5. The summed E-state index contributed by atoms with van der Waals surface area (Å²) >= 11 is 0. The number of nitrogens with two attached hydrogens (primary N) is 1. The van der Waals surface area contributed by atoms with Crippen LogP contribution in [0.15, 0.2) is 18.2 Å². The average molecular weight is 237 g/mol. The number of benzene rings is 1. The van der Waals surface area contributed by atoms with E-state index < -0.39 is 0 Å². The SMILES string of the molecule is CCOC(=O)[C@@H](C)c1ccc(N)cc1OCC. The number of hydrogen-bond acceptors (Lipinski definition) is 4. The van der Waals surface area contributed by atoms with Gasteiger partial charge in [-0.25, -0.2) is 0 Å². The summed E-state index contributed by atoms with van der Waals surface area (Å²) in [5, 5.41) is 0. The first kappa shape index (κ1) is 13.4. The van der Waals surface area contributed by atoms with Crippen LogP contribution in [-0.2, 0) is 9.53 Å². The summed E-state index contributed by atoms with van der Waals surface area (Å²) in [5.74, 6) is 0.0448. The fourth-order valence-corrected chi connectivity index (χ4v) is 1.58. The Morgan fingerprint density at radius 1 is 1.35 bits per heavy atom. The van der Waals surface area contributed by atoms with Gasteiger partial charge in [-0.1, -0.05) is 6.07 Å². The smallest absolute Gasteiger partial charge is 0.313 e. The minimum absolute atomic E-state index is 0.252. The zero-order chi connectivity index (χ0) is 12.8. The number of carbonyl (C=O) groups is 1. The molecule has 0 spiro atoms. The van der Waals surface area contributed by atoms with Gasteiger partial charge in [0.15, 0.2) is 0 Å². The van der Waals surface area contributed by atoms with Crippen molar-refractivity contribution in [1.82, 2.24) is 0 Å². The van der Waals surface area contributed by atoms with Crippen molar-refractivity contribution in [3.8, 4) is 5.75 Å². The molecule has 1 aromatic rings. The van der Waals surface area contributed by atoms with Gasteiger partial charge >= 0.3 is 5.97 Å². The minimum Gasteiger partial charge on any atom is -0.493 e. The van der Waals surface area contributed by atoms with Crippen LogP contribution in [0.3, 0.4) is 0 Å². The summed E-state index contributed by atoms with van der Waals surface area (Å²) in [6, 6.07) is 5.30. The molecule has 0 aliphatic carbocycles. The van der Waals surface area contributed by atoms with E-state index in [-0.39, 0.29) is 11.9 Å². The number of hydrogen-bond donors (Lipinski definition) is 1. The largest absolute Gasteiger partial charge is 0.493 e. The summed E-state index contributed by atoms with van der Waals surface area (Å²) in [6.07, 6.45) is 0. The Hall–Kier alpha value is -1.71. The van der Waals surface area contributed by atoms with Crippen molar-refractivity contribution < 1.29 is 14.3 Å². The molecular formula is C13H19NO3. The van der Waals surface area contributed by atoms with Crippen LogP contribution < -0.4 is 10.5 Å². The Kier molecular flexibility index (Phi) is 4.82. The predicted octanol–water partition coefficient (Wildman–Crippen LogP) is 2.33.